The molecule has 1 amide bonds. The number of carbonyl (C=O) groups is 1. The number of nitrogens with zero attached hydrogens (tertiary/aromatic N) is 7. The average Bonchev–Trinajstić information content (AvgIpc) is 3.38. The summed E-state index contributed by atoms with van der Waals surface area (Å²) in [5.74, 6) is -2.28. The van der Waals surface area contributed by atoms with Crippen LogP contribution in [0.25, 0.3) is 22.6 Å². The number of hydrogen-bond acceptors (Lipinski definition) is 10. The summed E-state index contributed by atoms with van der Waals surface area (Å²) in [6, 6.07) is 7.54. The van der Waals surface area contributed by atoms with E-state index in [0.717, 1.165) is 11.3 Å². The van der Waals surface area contributed by atoms with Gasteiger partial charge in [-0.05, 0) is 30.7 Å². The van der Waals surface area contributed by atoms with E-state index in [0.29, 0.717) is 34.9 Å². The van der Waals surface area contributed by atoms with Crippen molar-refractivity contribution in [1.82, 2.24) is 29.5 Å². The third kappa shape index (κ3) is 4.30. The maximum absolute atomic E-state index is 11.7. The van der Waals surface area contributed by atoms with E-state index >= 15 is 0 Å². The summed E-state index contributed by atoms with van der Waals surface area (Å²) in [5, 5.41) is 21.2. The highest BCUT2D eigenvalue weighted by molar-refractivity contribution is 5.86. The van der Waals surface area contributed by atoms with Crippen LogP contribution >= 0.6 is 0 Å². The molecule has 35 heavy (non-hydrogen) atoms. The number of amides is 1. The third-order valence-corrected chi connectivity index (χ3v) is 5.77. The molecule has 0 radical (unpaired) electrons. The second kappa shape index (κ2) is 8.65. The Balaban J connectivity index is 1.65. The van der Waals surface area contributed by atoms with Gasteiger partial charge in [0.2, 0.25) is 11.7 Å². The van der Waals surface area contributed by atoms with E-state index in [2.05, 4.69) is 19.9 Å². The first-order valence-electron chi connectivity index (χ1n) is 10.9. The van der Waals surface area contributed by atoms with Crippen LogP contribution in [0.3, 0.4) is 0 Å². The Hall–Kier alpha value is -4.00. The highest BCUT2D eigenvalue weighted by Gasteiger charge is 2.50. The van der Waals surface area contributed by atoms with E-state index in [1.165, 1.54) is 10.9 Å². The molecule has 180 valence electrons. The maximum atomic E-state index is 11.7. The van der Waals surface area contributed by atoms with E-state index in [9.17, 15) is 15.0 Å². The number of aryl methyl sites for hydroxylation is 1. The minimum atomic E-state index is -2.36. The van der Waals surface area contributed by atoms with Gasteiger partial charge in [0.15, 0.2) is 29.0 Å². The summed E-state index contributed by atoms with van der Waals surface area (Å²) in [7, 11) is 1.85. The zero-order valence-electron chi connectivity index (χ0n) is 19.1. The van der Waals surface area contributed by atoms with Crippen LogP contribution in [0.4, 0.5) is 5.82 Å². The van der Waals surface area contributed by atoms with Crippen molar-refractivity contribution in [2.24, 2.45) is 5.73 Å². The number of rotatable bonds is 6. The van der Waals surface area contributed by atoms with Crippen LogP contribution in [0.15, 0.2) is 49.2 Å². The van der Waals surface area contributed by atoms with Gasteiger partial charge in [0.25, 0.3) is 0 Å². The fraction of sp³-hybridized carbons (Fsp3) is 0.304. The topological polar surface area (TPSA) is 165 Å². The standard InChI is InChI=1S/C23H24N8O4/c1-13-7-14(10-25-9-13)19-28-20(30(2)11-15-5-3-4-6-26-15)17-21(29-19)31(12-27-17)22-23(33,34)8-16(35-22)18(24)32/h3-7,9-10,12,16,22,33-34H,8,11H2,1-2H3,(H2,24,32). The van der Waals surface area contributed by atoms with E-state index in [1.807, 2.05) is 43.1 Å². The summed E-state index contributed by atoms with van der Waals surface area (Å²) >= 11 is 0. The minimum Gasteiger partial charge on any atom is -0.367 e. The van der Waals surface area contributed by atoms with Crippen LogP contribution in [0.2, 0.25) is 0 Å². The monoisotopic (exact) mass is 476 g/mol. The van der Waals surface area contributed by atoms with Crippen LogP contribution in [-0.4, -0.2) is 64.5 Å². The number of carbonyl (C=O) groups excluding carboxylic acids is 1. The molecule has 1 aliphatic heterocycles. The number of aliphatic hydroxyl groups is 2. The molecule has 4 aromatic heterocycles. The highest BCUT2D eigenvalue weighted by atomic mass is 16.6. The molecule has 5 rings (SSSR count). The second-order valence-electron chi connectivity index (χ2n) is 8.59. The molecule has 2 unspecified atom stereocenters. The average molecular weight is 476 g/mol. The Morgan fingerprint density at radius 2 is 2.11 bits per heavy atom. The van der Waals surface area contributed by atoms with Gasteiger partial charge in [-0.15, -0.1) is 0 Å². The summed E-state index contributed by atoms with van der Waals surface area (Å²) in [4.78, 5) is 36.0. The number of anilines is 1. The molecule has 1 saturated heterocycles. The summed E-state index contributed by atoms with van der Waals surface area (Å²) in [6.07, 6.45) is 3.58. The summed E-state index contributed by atoms with van der Waals surface area (Å²) in [5.41, 5.74) is 8.48. The molecule has 0 bridgehead atoms. The van der Waals surface area contributed by atoms with Crippen LogP contribution in [-0.2, 0) is 16.1 Å². The van der Waals surface area contributed by atoms with E-state index < -0.39 is 24.0 Å². The van der Waals surface area contributed by atoms with Crippen molar-refractivity contribution < 1.29 is 19.7 Å². The Labute approximate surface area is 200 Å². The number of imidazole rings is 1. The molecule has 12 nitrogen and oxygen atoms in total. The quantitative estimate of drug-likeness (QED) is 0.337. The number of fused-ring (bicyclic) bond motifs is 1. The van der Waals surface area contributed by atoms with Crippen molar-refractivity contribution in [1.29, 1.82) is 0 Å². The zero-order valence-corrected chi connectivity index (χ0v) is 19.1. The molecule has 2 atom stereocenters. The van der Waals surface area contributed by atoms with Gasteiger partial charge >= 0.3 is 0 Å². The van der Waals surface area contributed by atoms with Crippen molar-refractivity contribution in [3.05, 3.63) is 60.4 Å². The highest BCUT2D eigenvalue weighted by Crippen LogP contribution is 2.38. The summed E-state index contributed by atoms with van der Waals surface area (Å²) in [6.45, 7) is 2.36. The first-order valence-corrected chi connectivity index (χ1v) is 10.9. The molecule has 0 saturated carbocycles. The van der Waals surface area contributed by atoms with Gasteiger partial charge in [0.1, 0.15) is 6.10 Å². The number of ether oxygens (including phenoxy) is 1. The predicted octanol–water partition coefficient (Wildman–Crippen LogP) is 0.682. The number of hydrogen-bond donors (Lipinski definition) is 3. The molecule has 4 N–H and O–H groups in total. The number of nitrogens with two attached hydrogens (primary N) is 1. The van der Waals surface area contributed by atoms with Gasteiger partial charge < -0.3 is 25.6 Å². The first-order chi connectivity index (χ1) is 16.7. The fourth-order valence-corrected chi connectivity index (χ4v) is 4.10. The minimum absolute atomic E-state index is 0.293. The van der Waals surface area contributed by atoms with E-state index in [1.54, 1.807) is 18.6 Å². The van der Waals surface area contributed by atoms with Gasteiger partial charge in [0.05, 0.1) is 18.6 Å². The lowest BCUT2D eigenvalue weighted by Gasteiger charge is -2.24. The number of pyridine rings is 2. The molecular weight excluding hydrogens is 452 g/mol. The Morgan fingerprint density at radius 1 is 1.29 bits per heavy atom. The molecule has 4 aromatic rings. The number of aromatic nitrogens is 6. The molecule has 0 aromatic carbocycles. The fourth-order valence-electron chi connectivity index (χ4n) is 4.10. The van der Waals surface area contributed by atoms with Gasteiger partial charge in [-0.3, -0.25) is 19.3 Å². The smallest absolute Gasteiger partial charge is 0.246 e. The molecule has 0 aliphatic carbocycles. The second-order valence-corrected chi connectivity index (χ2v) is 8.59. The molecule has 0 spiro atoms. The molecule has 1 fully saturated rings. The first kappa shape index (κ1) is 22.8. The van der Waals surface area contributed by atoms with Crippen molar-refractivity contribution in [3.8, 4) is 11.4 Å². The Morgan fingerprint density at radius 3 is 2.80 bits per heavy atom. The van der Waals surface area contributed by atoms with Crippen molar-refractivity contribution in [2.45, 2.75) is 38.0 Å². The van der Waals surface area contributed by atoms with Gasteiger partial charge in [-0.25, -0.2) is 15.0 Å². The van der Waals surface area contributed by atoms with Crippen LogP contribution in [0, 0.1) is 6.92 Å². The molecule has 5 heterocycles. The largest absolute Gasteiger partial charge is 0.367 e. The Bertz CT molecular complexity index is 1390. The van der Waals surface area contributed by atoms with Crippen molar-refractivity contribution >= 4 is 22.9 Å². The van der Waals surface area contributed by atoms with Crippen molar-refractivity contribution in [2.75, 3.05) is 11.9 Å². The van der Waals surface area contributed by atoms with Crippen LogP contribution in [0.1, 0.15) is 23.9 Å². The van der Waals surface area contributed by atoms with Gasteiger partial charge in [0, 0.05) is 37.6 Å². The summed E-state index contributed by atoms with van der Waals surface area (Å²) < 4.78 is 6.98. The van der Waals surface area contributed by atoms with Gasteiger partial charge in [-0.2, -0.15) is 0 Å². The lowest BCUT2D eigenvalue weighted by molar-refractivity contribution is -0.217. The normalized spacial score (nSPS) is 19.2. The van der Waals surface area contributed by atoms with E-state index in [4.69, 9.17) is 15.5 Å². The molecule has 1 aliphatic rings. The third-order valence-electron chi connectivity index (χ3n) is 5.77. The Kier molecular flexibility index (Phi) is 5.63. The predicted molar refractivity (Wildman–Crippen MR) is 125 cm³/mol. The number of primary amides is 1. The lowest BCUT2D eigenvalue weighted by Crippen LogP contribution is -2.35. The van der Waals surface area contributed by atoms with Crippen LogP contribution in [0.5, 0.6) is 0 Å². The lowest BCUT2D eigenvalue weighted by atomic mass is 10.1. The zero-order chi connectivity index (χ0) is 24.7. The van der Waals surface area contributed by atoms with E-state index in [-0.39, 0.29) is 6.42 Å². The molecular formula is C23H24N8O4. The van der Waals surface area contributed by atoms with Crippen LogP contribution < -0.4 is 10.6 Å². The van der Waals surface area contributed by atoms with Gasteiger partial charge in [-0.1, -0.05) is 6.07 Å². The molecule has 12 heteroatoms. The van der Waals surface area contributed by atoms with Crippen molar-refractivity contribution in [3.63, 3.8) is 0 Å². The maximum Gasteiger partial charge on any atom is 0.246 e. The SMILES string of the molecule is Cc1cncc(-c2nc(N(C)Cc3ccccn3)c3ncn(C4OC(C(N)=O)CC4(O)O)c3n2)c1.